The predicted octanol–water partition coefficient (Wildman–Crippen LogP) is 13.1. The number of anilines is 2. The van der Waals surface area contributed by atoms with Crippen LogP contribution in [0.15, 0.2) is 60.7 Å². The summed E-state index contributed by atoms with van der Waals surface area (Å²) in [5, 5.41) is 25.5. The van der Waals surface area contributed by atoms with Crippen LogP contribution in [0.25, 0.3) is 22.8 Å². The number of rotatable bonds is 30. The standard InChI is InChI=1S/C48H68N4O6/c1-4-7-9-11-13-15-17-19-21-23-33-57-39-29-31-41(43(53)35-39)45-50-46(52-48(51-45)49-38-27-25-37(26-28-38)47(55)56-6-3)42-32-30-40(36-44(42)54)58-34-24-22-20-18-16-14-12-10-8-5-2/h25-32,35-36,53-54H,4-24,33-34H2,1-3H3,(H,49,50,51,52). The Balaban J connectivity index is 1.40. The van der Waals surface area contributed by atoms with Gasteiger partial charge in [-0.3, -0.25) is 0 Å². The van der Waals surface area contributed by atoms with Crippen LogP contribution in [-0.2, 0) is 4.74 Å². The molecule has 0 aliphatic heterocycles. The van der Waals surface area contributed by atoms with Gasteiger partial charge in [-0.25, -0.2) is 9.78 Å². The predicted molar refractivity (Wildman–Crippen MR) is 234 cm³/mol. The molecular formula is C48H68N4O6. The zero-order chi connectivity index (χ0) is 41.2. The summed E-state index contributed by atoms with van der Waals surface area (Å²) < 4.78 is 17.1. The zero-order valence-corrected chi connectivity index (χ0v) is 35.4. The van der Waals surface area contributed by atoms with Crippen LogP contribution < -0.4 is 14.8 Å². The van der Waals surface area contributed by atoms with Crippen LogP contribution in [0.2, 0.25) is 0 Å². The van der Waals surface area contributed by atoms with Crippen LogP contribution in [0.5, 0.6) is 23.0 Å². The third kappa shape index (κ3) is 16.5. The maximum absolute atomic E-state index is 12.2. The number of esters is 1. The monoisotopic (exact) mass is 797 g/mol. The number of phenols is 2. The van der Waals surface area contributed by atoms with Crippen molar-refractivity contribution in [3.8, 4) is 45.8 Å². The third-order valence-electron chi connectivity index (χ3n) is 10.2. The van der Waals surface area contributed by atoms with E-state index in [0.29, 0.717) is 47.1 Å². The molecule has 3 aromatic carbocycles. The molecule has 1 aromatic heterocycles. The first-order valence-electron chi connectivity index (χ1n) is 22.1. The van der Waals surface area contributed by atoms with Gasteiger partial charge in [-0.1, -0.05) is 129 Å². The summed E-state index contributed by atoms with van der Waals surface area (Å²) >= 11 is 0. The molecule has 316 valence electrons. The first kappa shape index (κ1) is 45.8. The van der Waals surface area contributed by atoms with Crippen LogP contribution >= 0.6 is 0 Å². The highest BCUT2D eigenvalue weighted by atomic mass is 16.5. The Morgan fingerprint density at radius 3 is 1.34 bits per heavy atom. The van der Waals surface area contributed by atoms with Gasteiger partial charge in [0.25, 0.3) is 0 Å². The van der Waals surface area contributed by atoms with Gasteiger partial charge in [-0.2, -0.15) is 9.97 Å². The fourth-order valence-corrected chi connectivity index (χ4v) is 6.85. The Hall–Kier alpha value is -4.86. The first-order valence-corrected chi connectivity index (χ1v) is 22.1. The van der Waals surface area contributed by atoms with Gasteiger partial charge < -0.3 is 29.7 Å². The highest BCUT2D eigenvalue weighted by Crippen LogP contribution is 2.35. The molecule has 0 unspecified atom stereocenters. The number of aromatic hydroxyl groups is 2. The minimum absolute atomic E-state index is 0.0394. The molecule has 58 heavy (non-hydrogen) atoms. The maximum atomic E-state index is 12.2. The number of hydrogen-bond donors (Lipinski definition) is 3. The highest BCUT2D eigenvalue weighted by molar-refractivity contribution is 5.89. The Kier molecular flexibility index (Phi) is 21.3. The average Bonchev–Trinajstić information content (AvgIpc) is 3.22. The van der Waals surface area contributed by atoms with Gasteiger partial charge in [0.2, 0.25) is 5.95 Å². The van der Waals surface area contributed by atoms with Crippen molar-refractivity contribution in [1.29, 1.82) is 0 Å². The zero-order valence-electron chi connectivity index (χ0n) is 35.4. The topological polar surface area (TPSA) is 136 Å². The SMILES string of the molecule is CCCCCCCCCCCCOc1ccc(-c2nc(Nc3ccc(C(=O)OCC)cc3)nc(-c3ccc(OCCCCCCCCCCCC)cc3O)n2)c(O)c1. The molecule has 0 spiro atoms. The maximum Gasteiger partial charge on any atom is 0.338 e. The number of aromatic nitrogens is 3. The lowest BCUT2D eigenvalue weighted by Crippen LogP contribution is -2.06. The largest absolute Gasteiger partial charge is 0.507 e. The van der Waals surface area contributed by atoms with E-state index in [4.69, 9.17) is 19.2 Å². The quantitative estimate of drug-likeness (QED) is 0.0345. The third-order valence-corrected chi connectivity index (χ3v) is 10.2. The van der Waals surface area contributed by atoms with E-state index < -0.39 is 5.97 Å². The molecular weight excluding hydrogens is 729 g/mol. The van der Waals surface area contributed by atoms with E-state index >= 15 is 0 Å². The van der Waals surface area contributed by atoms with Gasteiger partial charge in [0.15, 0.2) is 11.6 Å². The van der Waals surface area contributed by atoms with Gasteiger partial charge in [-0.05, 0) is 68.3 Å². The Labute approximate surface area is 347 Å². The summed E-state index contributed by atoms with van der Waals surface area (Å²) in [4.78, 5) is 26.2. The summed E-state index contributed by atoms with van der Waals surface area (Å²) in [5.41, 5.74) is 1.81. The number of carbonyl (C=O) groups is 1. The number of benzene rings is 3. The molecule has 0 atom stereocenters. The van der Waals surface area contributed by atoms with Crippen LogP contribution in [0, 0.1) is 0 Å². The van der Waals surface area contributed by atoms with Gasteiger partial charge in [0.05, 0.1) is 36.5 Å². The van der Waals surface area contributed by atoms with E-state index in [1.165, 1.54) is 103 Å². The van der Waals surface area contributed by atoms with Crippen molar-refractivity contribution >= 4 is 17.6 Å². The number of phenolic OH excluding ortho intramolecular Hbond substituents is 2. The summed E-state index contributed by atoms with van der Waals surface area (Å²) in [7, 11) is 0. The van der Waals surface area contributed by atoms with Gasteiger partial charge in [0.1, 0.15) is 23.0 Å². The molecule has 3 N–H and O–H groups in total. The fraction of sp³-hybridized carbons (Fsp3) is 0.542. The molecule has 4 rings (SSSR count). The van der Waals surface area contributed by atoms with E-state index in [-0.39, 0.29) is 35.7 Å². The lowest BCUT2D eigenvalue weighted by atomic mass is 10.1. The molecule has 0 fully saturated rings. The number of hydrogen-bond acceptors (Lipinski definition) is 10. The highest BCUT2D eigenvalue weighted by Gasteiger charge is 2.18. The molecule has 1 heterocycles. The van der Waals surface area contributed by atoms with Gasteiger partial charge >= 0.3 is 5.97 Å². The molecule has 0 saturated carbocycles. The van der Waals surface area contributed by atoms with Crippen molar-refractivity contribution < 1.29 is 29.2 Å². The summed E-state index contributed by atoms with van der Waals surface area (Å²) in [6.45, 7) is 7.70. The molecule has 0 radical (unpaired) electrons. The number of nitrogens with one attached hydrogen (secondary N) is 1. The van der Waals surface area contributed by atoms with Crippen LogP contribution in [0.3, 0.4) is 0 Å². The Morgan fingerprint density at radius 1 is 0.534 bits per heavy atom. The molecule has 0 bridgehead atoms. The molecule has 10 nitrogen and oxygen atoms in total. The molecule has 4 aromatic rings. The summed E-state index contributed by atoms with van der Waals surface area (Å²) in [6, 6.07) is 17.0. The van der Waals surface area contributed by atoms with Crippen molar-refractivity contribution in [3.63, 3.8) is 0 Å². The van der Waals surface area contributed by atoms with E-state index in [1.54, 1.807) is 67.6 Å². The lowest BCUT2D eigenvalue weighted by Gasteiger charge is -2.13. The van der Waals surface area contributed by atoms with E-state index in [1.807, 2.05) is 0 Å². The van der Waals surface area contributed by atoms with E-state index in [2.05, 4.69) is 29.1 Å². The van der Waals surface area contributed by atoms with Crippen molar-refractivity contribution in [3.05, 3.63) is 66.2 Å². The van der Waals surface area contributed by atoms with Crippen molar-refractivity contribution in [1.82, 2.24) is 15.0 Å². The fourth-order valence-electron chi connectivity index (χ4n) is 6.85. The van der Waals surface area contributed by atoms with Gasteiger partial charge in [0, 0.05) is 17.8 Å². The molecule has 0 saturated heterocycles. The lowest BCUT2D eigenvalue weighted by molar-refractivity contribution is 0.0526. The van der Waals surface area contributed by atoms with Crippen LogP contribution in [0.1, 0.15) is 160 Å². The van der Waals surface area contributed by atoms with Crippen molar-refractivity contribution in [2.75, 3.05) is 25.1 Å². The minimum atomic E-state index is -0.406. The molecule has 0 amide bonds. The summed E-state index contributed by atoms with van der Waals surface area (Å²) in [5.74, 6) is 1.24. The Morgan fingerprint density at radius 2 is 0.948 bits per heavy atom. The van der Waals surface area contributed by atoms with Crippen LogP contribution in [0.4, 0.5) is 11.6 Å². The van der Waals surface area contributed by atoms with Crippen LogP contribution in [-0.4, -0.2) is 51.0 Å². The van der Waals surface area contributed by atoms with E-state index in [0.717, 1.165) is 25.7 Å². The van der Waals surface area contributed by atoms with Crippen molar-refractivity contribution in [2.45, 2.75) is 149 Å². The summed E-state index contributed by atoms with van der Waals surface area (Å²) in [6.07, 6.45) is 25.0. The number of unbranched alkanes of at least 4 members (excludes halogenated alkanes) is 18. The number of carbonyl (C=O) groups excluding carboxylic acids is 1. The normalized spacial score (nSPS) is 11.1. The second-order valence-corrected chi connectivity index (χ2v) is 15.1. The number of nitrogens with zero attached hydrogens (tertiary/aromatic N) is 3. The number of ether oxygens (including phenoxy) is 3. The first-order chi connectivity index (χ1) is 28.4. The van der Waals surface area contributed by atoms with E-state index in [9.17, 15) is 15.0 Å². The molecule has 0 aliphatic rings. The van der Waals surface area contributed by atoms with Gasteiger partial charge in [-0.15, -0.1) is 0 Å². The smallest absolute Gasteiger partial charge is 0.338 e. The molecule has 0 aliphatic carbocycles. The molecule has 10 heteroatoms. The minimum Gasteiger partial charge on any atom is -0.507 e. The second kappa shape index (κ2) is 26.9. The van der Waals surface area contributed by atoms with Crippen molar-refractivity contribution in [2.24, 2.45) is 0 Å². The second-order valence-electron chi connectivity index (χ2n) is 15.1. The average molecular weight is 797 g/mol. The Bertz CT molecular complexity index is 1670.